The van der Waals surface area contributed by atoms with Crippen molar-refractivity contribution in [1.82, 2.24) is 5.43 Å². The Morgan fingerprint density at radius 1 is 1.11 bits per heavy atom. The molecule has 0 spiro atoms. The standard InChI is InChI=1S/C5H12.C2H8N2/c1-3-5-4-2;1-2-4-3/h3-5H2,1-2H3;4H,2-3H2,1H3. The summed E-state index contributed by atoms with van der Waals surface area (Å²) in [5.41, 5.74) is 2.43. The van der Waals surface area contributed by atoms with Crippen molar-refractivity contribution in [2.24, 2.45) is 5.84 Å². The van der Waals surface area contributed by atoms with Gasteiger partial charge in [0.25, 0.3) is 0 Å². The van der Waals surface area contributed by atoms with E-state index in [1.165, 1.54) is 19.3 Å². The van der Waals surface area contributed by atoms with Gasteiger partial charge in [0.1, 0.15) is 0 Å². The molecule has 0 saturated heterocycles. The number of nitrogens with one attached hydrogen (secondary N) is 1. The molecular weight excluding hydrogens is 112 g/mol. The second kappa shape index (κ2) is 15.7. The first-order valence-electron chi connectivity index (χ1n) is 3.76. The van der Waals surface area contributed by atoms with Gasteiger partial charge in [0.15, 0.2) is 0 Å². The molecule has 0 amide bonds. The zero-order chi connectivity index (χ0) is 7.54. The van der Waals surface area contributed by atoms with Crippen LogP contribution in [0.5, 0.6) is 0 Å². The second-order valence-electron chi connectivity index (χ2n) is 1.91. The predicted octanol–water partition coefficient (Wildman–Crippen LogP) is 1.67. The van der Waals surface area contributed by atoms with Crippen molar-refractivity contribution >= 4 is 0 Å². The summed E-state index contributed by atoms with van der Waals surface area (Å²) < 4.78 is 0. The Morgan fingerprint density at radius 2 is 1.44 bits per heavy atom. The molecule has 3 N–H and O–H groups in total. The summed E-state index contributed by atoms with van der Waals surface area (Å²) in [5, 5.41) is 0. The summed E-state index contributed by atoms with van der Waals surface area (Å²) in [5.74, 6) is 4.78. The molecule has 2 nitrogen and oxygen atoms in total. The van der Waals surface area contributed by atoms with Crippen molar-refractivity contribution < 1.29 is 0 Å². The summed E-state index contributed by atoms with van der Waals surface area (Å²) in [6.07, 6.45) is 4.08. The maximum Gasteiger partial charge on any atom is 0.00689 e. The van der Waals surface area contributed by atoms with Crippen LogP contribution in [-0.2, 0) is 0 Å². The van der Waals surface area contributed by atoms with Gasteiger partial charge < -0.3 is 0 Å². The van der Waals surface area contributed by atoms with Gasteiger partial charge in [0, 0.05) is 6.54 Å². The van der Waals surface area contributed by atoms with E-state index in [-0.39, 0.29) is 0 Å². The minimum atomic E-state index is 0.847. The van der Waals surface area contributed by atoms with E-state index < -0.39 is 0 Å². The molecule has 0 aromatic carbocycles. The highest BCUT2D eigenvalue weighted by atomic mass is 15.2. The molecule has 0 aliphatic carbocycles. The van der Waals surface area contributed by atoms with Crippen LogP contribution in [0.4, 0.5) is 0 Å². The van der Waals surface area contributed by atoms with E-state index in [0.717, 1.165) is 6.54 Å². The van der Waals surface area contributed by atoms with Crippen molar-refractivity contribution in [2.75, 3.05) is 6.54 Å². The summed E-state index contributed by atoms with van der Waals surface area (Å²) in [4.78, 5) is 0. The van der Waals surface area contributed by atoms with Gasteiger partial charge in [0.2, 0.25) is 0 Å². The van der Waals surface area contributed by atoms with E-state index in [9.17, 15) is 0 Å². The highest BCUT2D eigenvalue weighted by Gasteiger charge is 1.68. The molecule has 58 valence electrons. The fourth-order valence-corrected chi connectivity index (χ4v) is 0.354. The van der Waals surface area contributed by atoms with Crippen LogP contribution in [0.15, 0.2) is 0 Å². The number of nitrogens with two attached hydrogens (primary N) is 1. The van der Waals surface area contributed by atoms with Crippen molar-refractivity contribution in [3.63, 3.8) is 0 Å². The molecule has 0 fully saturated rings. The molecule has 0 aromatic heterocycles. The van der Waals surface area contributed by atoms with Crippen LogP contribution < -0.4 is 11.3 Å². The minimum Gasteiger partial charge on any atom is -0.271 e. The van der Waals surface area contributed by atoms with Crippen molar-refractivity contribution in [1.29, 1.82) is 0 Å². The van der Waals surface area contributed by atoms with E-state index >= 15 is 0 Å². The third kappa shape index (κ3) is 32.6. The quantitative estimate of drug-likeness (QED) is 0.453. The number of hydrogen-bond donors (Lipinski definition) is 2. The zero-order valence-electron chi connectivity index (χ0n) is 6.91. The molecule has 0 aromatic rings. The van der Waals surface area contributed by atoms with Gasteiger partial charge in [-0.2, -0.15) is 0 Å². The fraction of sp³-hybridized carbons (Fsp3) is 1.00. The monoisotopic (exact) mass is 132 g/mol. The Balaban J connectivity index is 0. The Bertz CT molecular complexity index is 26.1. The lowest BCUT2D eigenvalue weighted by Gasteiger charge is -1.79. The van der Waals surface area contributed by atoms with Gasteiger partial charge in [-0.15, -0.1) is 0 Å². The maximum absolute atomic E-state index is 4.78. The molecule has 0 radical (unpaired) electrons. The molecule has 9 heavy (non-hydrogen) atoms. The molecule has 0 bridgehead atoms. The topological polar surface area (TPSA) is 38.0 Å². The van der Waals surface area contributed by atoms with Crippen LogP contribution in [0.2, 0.25) is 0 Å². The predicted molar refractivity (Wildman–Crippen MR) is 43.1 cm³/mol. The smallest absolute Gasteiger partial charge is 0.00689 e. The number of hydrogen-bond acceptors (Lipinski definition) is 2. The molecule has 0 unspecified atom stereocenters. The molecule has 2 heteroatoms. The SMILES string of the molecule is CCCCC.CCNN. The van der Waals surface area contributed by atoms with E-state index in [0.29, 0.717) is 0 Å². The summed E-state index contributed by atoms with van der Waals surface area (Å²) in [6, 6.07) is 0. The molecule has 0 heterocycles. The van der Waals surface area contributed by atoms with Gasteiger partial charge in [-0.25, -0.2) is 0 Å². The fourth-order valence-electron chi connectivity index (χ4n) is 0.354. The third-order valence-electron chi connectivity index (χ3n) is 0.911. The van der Waals surface area contributed by atoms with Gasteiger partial charge in [-0.3, -0.25) is 11.3 Å². The molecule has 0 saturated carbocycles. The molecular formula is C7H20N2. The first kappa shape index (κ1) is 11.7. The normalized spacial score (nSPS) is 8.00. The lowest BCUT2D eigenvalue weighted by molar-refractivity contribution is 0.772. The number of rotatable bonds is 3. The van der Waals surface area contributed by atoms with Crippen molar-refractivity contribution in [3.8, 4) is 0 Å². The Labute approximate surface area is 58.8 Å². The summed E-state index contributed by atoms with van der Waals surface area (Å²) >= 11 is 0. The van der Waals surface area contributed by atoms with E-state index in [1.54, 1.807) is 0 Å². The summed E-state index contributed by atoms with van der Waals surface area (Å²) in [6.45, 7) is 7.22. The first-order valence-corrected chi connectivity index (χ1v) is 3.76. The largest absolute Gasteiger partial charge is 0.271 e. The minimum absolute atomic E-state index is 0.847. The van der Waals surface area contributed by atoms with Crippen molar-refractivity contribution in [3.05, 3.63) is 0 Å². The van der Waals surface area contributed by atoms with Crippen LogP contribution in [0.3, 0.4) is 0 Å². The van der Waals surface area contributed by atoms with Crippen LogP contribution in [0.25, 0.3) is 0 Å². The highest BCUT2D eigenvalue weighted by molar-refractivity contribution is 4.24. The molecule has 0 aliphatic heterocycles. The molecule has 0 aliphatic rings. The first-order chi connectivity index (χ1) is 4.33. The highest BCUT2D eigenvalue weighted by Crippen LogP contribution is 1.88. The lowest BCUT2D eigenvalue weighted by Crippen LogP contribution is -2.20. The maximum atomic E-state index is 4.78. The van der Waals surface area contributed by atoms with E-state index in [2.05, 4.69) is 19.3 Å². The van der Waals surface area contributed by atoms with Crippen LogP contribution in [0, 0.1) is 0 Å². The van der Waals surface area contributed by atoms with Gasteiger partial charge >= 0.3 is 0 Å². The lowest BCUT2D eigenvalue weighted by atomic mass is 10.3. The van der Waals surface area contributed by atoms with Crippen LogP contribution in [-0.4, -0.2) is 6.54 Å². The number of unbranched alkanes of at least 4 members (excludes halogenated alkanes) is 2. The van der Waals surface area contributed by atoms with Crippen LogP contribution >= 0.6 is 0 Å². The van der Waals surface area contributed by atoms with E-state index in [4.69, 9.17) is 5.84 Å². The second-order valence-corrected chi connectivity index (χ2v) is 1.91. The Hall–Kier alpha value is -0.0800. The molecule has 0 atom stereocenters. The van der Waals surface area contributed by atoms with Gasteiger partial charge in [0.05, 0.1) is 0 Å². The third-order valence-corrected chi connectivity index (χ3v) is 0.911. The number of hydrazine groups is 1. The average molecular weight is 132 g/mol. The zero-order valence-corrected chi connectivity index (χ0v) is 6.91. The summed E-state index contributed by atoms with van der Waals surface area (Å²) in [7, 11) is 0. The van der Waals surface area contributed by atoms with Crippen LogP contribution in [0.1, 0.15) is 40.0 Å². The van der Waals surface area contributed by atoms with Gasteiger partial charge in [-0.05, 0) is 0 Å². The van der Waals surface area contributed by atoms with Crippen molar-refractivity contribution in [2.45, 2.75) is 40.0 Å². The molecule has 0 rings (SSSR count). The Morgan fingerprint density at radius 3 is 1.44 bits per heavy atom. The average Bonchev–Trinajstić information content (AvgIpc) is 1.91. The van der Waals surface area contributed by atoms with E-state index in [1.807, 2.05) is 6.92 Å². The van der Waals surface area contributed by atoms with Gasteiger partial charge in [-0.1, -0.05) is 40.0 Å². The Kier molecular flexibility index (Phi) is 20.3.